The number of ether oxygens (including phenoxy) is 2. The maximum atomic E-state index is 13.2. The first-order valence-corrected chi connectivity index (χ1v) is 10.3. The number of hydrogen-bond donors (Lipinski definition) is 1. The molecule has 1 aromatic carbocycles. The monoisotopic (exact) mass is 392 g/mol. The van der Waals surface area contributed by atoms with Crippen LogP contribution in [0.1, 0.15) is 25.0 Å². The summed E-state index contributed by atoms with van der Waals surface area (Å²) in [4.78, 5) is 9.69. The average molecular weight is 393 g/mol. The molecule has 2 unspecified atom stereocenters. The Morgan fingerprint density at radius 3 is 2.71 bits per heavy atom. The van der Waals surface area contributed by atoms with E-state index in [0.717, 1.165) is 64.0 Å². The molecule has 7 heteroatoms. The number of likely N-dealkylation sites (tertiary alicyclic amines) is 1. The molecule has 0 spiro atoms. The zero-order chi connectivity index (χ0) is 19.8. The third-order valence-electron chi connectivity index (χ3n) is 5.47. The summed E-state index contributed by atoms with van der Waals surface area (Å²) in [6, 6.07) is 6.46. The van der Waals surface area contributed by atoms with Crippen molar-refractivity contribution in [3.8, 4) is 0 Å². The number of nitrogens with one attached hydrogen (secondary N) is 1. The van der Waals surface area contributed by atoms with Gasteiger partial charge in [-0.15, -0.1) is 0 Å². The maximum Gasteiger partial charge on any atom is 0.194 e. The van der Waals surface area contributed by atoms with Gasteiger partial charge in [-0.1, -0.05) is 12.1 Å². The molecule has 2 heterocycles. The molecule has 2 aliphatic heterocycles. The Balaban J connectivity index is 1.57. The van der Waals surface area contributed by atoms with E-state index in [4.69, 9.17) is 14.5 Å². The number of guanidine groups is 1. The van der Waals surface area contributed by atoms with E-state index in [1.165, 1.54) is 18.6 Å². The highest BCUT2D eigenvalue weighted by atomic mass is 19.1. The Hall–Kier alpha value is -1.70. The molecule has 1 N–H and O–H groups in total. The standard InChI is InChI=1S/C21H33FN4O2/c1-3-23-21(24-14-20(27-2)18-4-6-19(22)7-5-18)26-9-8-17(16-26)15-25-10-12-28-13-11-25/h4-7,17,20H,3,8-16H2,1-2H3,(H,23,24). The largest absolute Gasteiger partial charge is 0.379 e. The Morgan fingerprint density at radius 1 is 1.29 bits per heavy atom. The van der Waals surface area contributed by atoms with Crippen LogP contribution < -0.4 is 5.32 Å². The van der Waals surface area contributed by atoms with Crippen LogP contribution in [0.4, 0.5) is 4.39 Å². The molecule has 0 radical (unpaired) electrons. The lowest BCUT2D eigenvalue weighted by atomic mass is 10.1. The number of rotatable bonds is 7. The second-order valence-electron chi connectivity index (χ2n) is 7.48. The van der Waals surface area contributed by atoms with Crippen LogP contribution in [0.3, 0.4) is 0 Å². The molecule has 28 heavy (non-hydrogen) atoms. The number of morpholine rings is 1. The Labute approximate surface area is 167 Å². The lowest BCUT2D eigenvalue weighted by Gasteiger charge is -2.29. The van der Waals surface area contributed by atoms with Crippen molar-refractivity contribution >= 4 is 5.96 Å². The summed E-state index contributed by atoms with van der Waals surface area (Å²) < 4.78 is 24.2. The summed E-state index contributed by atoms with van der Waals surface area (Å²) in [5, 5.41) is 3.42. The summed E-state index contributed by atoms with van der Waals surface area (Å²) in [5.74, 6) is 1.37. The second-order valence-corrected chi connectivity index (χ2v) is 7.48. The zero-order valence-electron chi connectivity index (χ0n) is 17.1. The topological polar surface area (TPSA) is 49.3 Å². The van der Waals surface area contributed by atoms with E-state index in [2.05, 4.69) is 22.0 Å². The zero-order valence-corrected chi connectivity index (χ0v) is 17.1. The highest BCUT2D eigenvalue weighted by Gasteiger charge is 2.27. The van der Waals surface area contributed by atoms with Gasteiger partial charge in [-0.25, -0.2) is 4.39 Å². The van der Waals surface area contributed by atoms with Crippen LogP contribution in [-0.2, 0) is 9.47 Å². The van der Waals surface area contributed by atoms with E-state index in [-0.39, 0.29) is 11.9 Å². The Bertz CT molecular complexity index is 619. The molecule has 156 valence electrons. The first-order chi connectivity index (χ1) is 13.7. The molecule has 2 aliphatic rings. The van der Waals surface area contributed by atoms with Crippen LogP contribution in [0, 0.1) is 11.7 Å². The van der Waals surface area contributed by atoms with Gasteiger partial charge in [0.15, 0.2) is 5.96 Å². The molecular formula is C21H33FN4O2. The van der Waals surface area contributed by atoms with E-state index in [0.29, 0.717) is 12.5 Å². The van der Waals surface area contributed by atoms with Gasteiger partial charge >= 0.3 is 0 Å². The third kappa shape index (κ3) is 5.90. The molecule has 0 saturated carbocycles. The van der Waals surface area contributed by atoms with Crippen LogP contribution in [0.5, 0.6) is 0 Å². The lowest BCUT2D eigenvalue weighted by molar-refractivity contribution is 0.0315. The molecule has 0 amide bonds. The molecule has 0 aromatic heterocycles. The van der Waals surface area contributed by atoms with Gasteiger partial charge in [-0.2, -0.15) is 0 Å². The summed E-state index contributed by atoms with van der Waals surface area (Å²) in [6.45, 7) is 10.4. The first-order valence-electron chi connectivity index (χ1n) is 10.3. The average Bonchev–Trinajstić information content (AvgIpc) is 3.18. The van der Waals surface area contributed by atoms with Crippen molar-refractivity contribution in [2.75, 3.05) is 66.1 Å². The molecular weight excluding hydrogens is 359 g/mol. The van der Waals surface area contributed by atoms with Gasteiger partial charge in [0, 0.05) is 46.4 Å². The van der Waals surface area contributed by atoms with E-state index in [9.17, 15) is 4.39 Å². The summed E-state index contributed by atoms with van der Waals surface area (Å²) in [5.41, 5.74) is 0.940. The highest BCUT2D eigenvalue weighted by Crippen LogP contribution is 2.20. The smallest absolute Gasteiger partial charge is 0.194 e. The van der Waals surface area contributed by atoms with Crippen molar-refractivity contribution in [2.24, 2.45) is 10.9 Å². The highest BCUT2D eigenvalue weighted by molar-refractivity contribution is 5.80. The fourth-order valence-electron chi connectivity index (χ4n) is 3.91. The summed E-state index contributed by atoms with van der Waals surface area (Å²) in [6.07, 6.45) is 1.01. The minimum absolute atomic E-state index is 0.180. The number of nitrogens with zero attached hydrogens (tertiary/aromatic N) is 3. The van der Waals surface area contributed by atoms with Gasteiger partial charge in [0.2, 0.25) is 0 Å². The van der Waals surface area contributed by atoms with Crippen LogP contribution in [0.15, 0.2) is 29.3 Å². The van der Waals surface area contributed by atoms with E-state index in [1.54, 1.807) is 19.2 Å². The summed E-state index contributed by atoms with van der Waals surface area (Å²) in [7, 11) is 1.67. The van der Waals surface area contributed by atoms with E-state index < -0.39 is 0 Å². The lowest BCUT2D eigenvalue weighted by Crippen LogP contribution is -2.42. The van der Waals surface area contributed by atoms with E-state index >= 15 is 0 Å². The first kappa shape index (κ1) is 21.0. The van der Waals surface area contributed by atoms with Crippen molar-refractivity contribution in [2.45, 2.75) is 19.4 Å². The van der Waals surface area contributed by atoms with Crippen molar-refractivity contribution in [3.63, 3.8) is 0 Å². The normalized spacial score (nSPS) is 22.5. The quantitative estimate of drug-likeness (QED) is 0.569. The Kier molecular flexibility index (Phi) is 8.06. The van der Waals surface area contributed by atoms with Gasteiger partial charge in [-0.3, -0.25) is 9.89 Å². The molecule has 2 saturated heterocycles. The van der Waals surface area contributed by atoms with Gasteiger partial charge in [0.1, 0.15) is 11.9 Å². The number of methoxy groups -OCH3 is 1. The SMILES string of the molecule is CCNC(=NCC(OC)c1ccc(F)cc1)N1CCC(CN2CCOCC2)C1. The fraction of sp³-hybridized carbons (Fsp3) is 0.667. The fourth-order valence-corrected chi connectivity index (χ4v) is 3.91. The molecule has 0 bridgehead atoms. The van der Waals surface area contributed by atoms with Crippen LogP contribution >= 0.6 is 0 Å². The van der Waals surface area contributed by atoms with Gasteiger partial charge in [0.25, 0.3) is 0 Å². The van der Waals surface area contributed by atoms with Crippen molar-refractivity contribution in [1.82, 2.24) is 15.1 Å². The molecule has 0 aliphatic carbocycles. The minimum Gasteiger partial charge on any atom is -0.379 e. The third-order valence-corrected chi connectivity index (χ3v) is 5.47. The summed E-state index contributed by atoms with van der Waals surface area (Å²) >= 11 is 0. The molecule has 6 nitrogen and oxygen atoms in total. The van der Waals surface area contributed by atoms with Crippen LogP contribution in [-0.4, -0.2) is 81.9 Å². The molecule has 3 rings (SSSR count). The molecule has 2 atom stereocenters. The van der Waals surface area contributed by atoms with Crippen LogP contribution in [0.2, 0.25) is 0 Å². The number of hydrogen-bond acceptors (Lipinski definition) is 4. The van der Waals surface area contributed by atoms with Gasteiger partial charge < -0.3 is 19.7 Å². The maximum absolute atomic E-state index is 13.2. The number of halogens is 1. The van der Waals surface area contributed by atoms with Crippen LogP contribution in [0.25, 0.3) is 0 Å². The second kappa shape index (κ2) is 10.7. The van der Waals surface area contributed by atoms with Gasteiger partial charge in [-0.05, 0) is 37.0 Å². The Morgan fingerprint density at radius 2 is 2.04 bits per heavy atom. The van der Waals surface area contributed by atoms with Crippen molar-refractivity contribution in [3.05, 3.63) is 35.6 Å². The molecule has 1 aromatic rings. The predicted octanol–water partition coefficient (Wildman–Crippen LogP) is 2.13. The van der Waals surface area contributed by atoms with Crippen molar-refractivity contribution < 1.29 is 13.9 Å². The van der Waals surface area contributed by atoms with E-state index in [1.807, 2.05) is 0 Å². The predicted molar refractivity (Wildman–Crippen MR) is 109 cm³/mol. The number of aliphatic imine (C=N–C) groups is 1. The minimum atomic E-state index is -0.237. The molecule has 2 fully saturated rings. The number of benzene rings is 1. The van der Waals surface area contributed by atoms with Gasteiger partial charge in [0.05, 0.1) is 19.8 Å². The van der Waals surface area contributed by atoms with Crippen molar-refractivity contribution in [1.29, 1.82) is 0 Å².